The van der Waals surface area contributed by atoms with Crippen LogP contribution in [0.5, 0.6) is 5.75 Å². The van der Waals surface area contributed by atoms with E-state index in [1.807, 2.05) is 54.6 Å². The summed E-state index contributed by atoms with van der Waals surface area (Å²) in [6.07, 6.45) is -0.539. The van der Waals surface area contributed by atoms with E-state index < -0.39 is 6.10 Å². The Hall–Kier alpha value is -2.13. The van der Waals surface area contributed by atoms with Crippen LogP contribution >= 0.6 is 15.9 Å². The van der Waals surface area contributed by atoms with Gasteiger partial charge in [-0.15, -0.1) is 0 Å². The summed E-state index contributed by atoms with van der Waals surface area (Å²) in [7, 11) is 0. The molecule has 3 aromatic rings. The monoisotopic (exact) mass is 410 g/mol. The number of ether oxygens (including phenoxy) is 1. The van der Waals surface area contributed by atoms with Gasteiger partial charge in [0.05, 0.1) is 0 Å². The fourth-order valence-electron chi connectivity index (χ4n) is 2.89. The number of fused-ring (bicyclic) bond motifs is 1. The van der Waals surface area contributed by atoms with Crippen LogP contribution < -0.4 is 4.74 Å². The fourth-order valence-corrected chi connectivity index (χ4v) is 3.27. The Morgan fingerprint density at radius 3 is 2.19 bits per heavy atom. The average Bonchev–Trinajstić information content (AvgIpc) is 2.60. The predicted octanol–water partition coefficient (Wildman–Crippen LogP) is 6.55. The predicted molar refractivity (Wildman–Crippen MR) is 111 cm³/mol. The second-order valence-corrected chi connectivity index (χ2v) is 8.52. The van der Waals surface area contributed by atoms with E-state index in [9.17, 15) is 4.79 Å². The lowest BCUT2D eigenvalue weighted by Crippen LogP contribution is -2.24. The number of Topliss-reactive ketones (excluding diaryl/α,β-unsaturated/α-hetero) is 1. The Morgan fingerprint density at radius 2 is 1.54 bits per heavy atom. The van der Waals surface area contributed by atoms with Crippen molar-refractivity contribution in [1.82, 2.24) is 0 Å². The molecule has 0 heterocycles. The topological polar surface area (TPSA) is 26.3 Å². The first-order valence-corrected chi connectivity index (χ1v) is 9.54. The Morgan fingerprint density at radius 1 is 0.923 bits per heavy atom. The highest BCUT2D eigenvalue weighted by Crippen LogP contribution is 2.26. The van der Waals surface area contributed by atoms with Crippen molar-refractivity contribution >= 4 is 32.5 Å². The van der Waals surface area contributed by atoms with E-state index in [1.54, 1.807) is 6.92 Å². The van der Waals surface area contributed by atoms with Crippen molar-refractivity contribution in [3.63, 3.8) is 0 Å². The van der Waals surface area contributed by atoms with Gasteiger partial charge in [-0.2, -0.15) is 0 Å². The maximum atomic E-state index is 12.7. The smallest absolute Gasteiger partial charge is 0.202 e. The number of ketones is 1. The number of halogens is 1. The number of benzene rings is 3. The van der Waals surface area contributed by atoms with Crippen LogP contribution in [0.1, 0.15) is 43.6 Å². The van der Waals surface area contributed by atoms with Crippen molar-refractivity contribution in [3.8, 4) is 5.75 Å². The maximum absolute atomic E-state index is 12.7. The molecule has 1 atom stereocenters. The SMILES string of the molecule is CC(Oc1ccc2cc(Br)ccc2c1)C(=O)c1ccc(C(C)(C)C)cc1. The Labute approximate surface area is 163 Å². The third kappa shape index (κ3) is 4.16. The van der Waals surface area contributed by atoms with Crippen LogP contribution in [0, 0.1) is 0 Å². The molecule has 134 valence electrons. The van der Waals surface area contributed by atoms with Crippen molar-refractivity contribution in [3.05, 3.63) is 76.3 Å². The lowest BCUT2D eigenvalue weighted by molar-refractivity contribution is 0.0818. The number of rotatable bonds is 4. The molecule has 0 fully saturated rings. The number of carbonyl (C=O) groups is 1. The molecule has 0 aliphatic rings. The van der Waals surface area contributed by atoms with E-state index >= 15 is 0 Å². The molecule has 0 N–H and O–H groups in total. The van der Waals surface area contributed by atoms with Gasteiger partial charge in [0.25, 0.3) is 0 Å². The second kappa shape index (κ2) is 7.24. The van der Waals surface area contributed by atoms with Crippen molar-refractivity contribution in [2.75, 3.05) is 0 Å². The molecule has 3 aromatic carbocycles. The molecule has 0 saturated carbocycles. The molecule has 2 nitrogen and oxygen atoms in total. The summed E-state index contributed by atoms with van der Waals surface area (Å²) in [6.45, 7) is 8.28. The van der Waals surface area contributed by atoms with Gasteiger partial charge in [0, 0.05) is 10.0 Å². The third-order valence-electron chi connectivity index (χ3n) is 4.49. The van der Waals surface area contributed by atoms with E-state index in [-0.39, 0.29) is 11.2 Å². The van der Waals surface area contributed by atoms with Crippen molar-refractivity contribution in [2.45, 2.75) is 39.2 Å². The second-order valence-electron chi connectivity index (χ2n) is 7.60. The Bertz CT molecular complexity index is 937. The van der Waals surface area contributed by atoms with Gasteiger partial charge >= 0.3 is 0 Å². The first-order valence-electron chi connectivity index (χ1n) is 8.75. The van der Waals surface area contributed by atoms with Gasteiger partial charge in [-0.1, -0.05) is 73.1 Å². The van der Waals surface area contributed by atoms with Gasteiger partial charge < -0.3 is 4.74 Å². The first kappa shape index (κ1) is 18.7. The molecule has 0 bridgehead atoms. The fraction of sp³-hybridized carbons (Fsp3) is 0.261. The van der Waals surface area contributed by atoms with Gasteiger partial charge in [-0.05, 0) is 52.9 Å². The van der Waals surface area contributed by atoms with Crippen LogP contribution in [0.3, 0.4) is 0 Å². The first-order chi connectivity index (χ1) is 12.2. The third-order valence-corrected chi connectivity index (χ3v) is 4.98. The van der Waals surface area contributed by atoms with Crippen LogP contribution in [0.15, 0.2) is 65.1 Å². The quantitative estimate of drug-likeness (QED) is 0.455. The van der Waals surface area contributed by atoms with Crippen LogP contribution in [-0.4, -0.2) is 11.9 Å². The van der Waals surface area contributed by atoms with Gasteiger partial charge in [0.1, 0.15) is 5.75 Å². The van der Waals surface area contributed by atoms with Gasteiger partial charge in [-0.25, -0.2) is 0 Å². The summed E-state index contributed by atoms with van der Waals surface area (Å²) in [6, 6.07) is 19.8. The van der Waals surface area contributed by atoms with Crippen molar-refractivity contribution in [1.29, 1.82) is 0 Å². The van der Waals surface area contributed by atoms with Gasteiger partial charge in [0.2, 0.25) is 5.78 Å². The zero-order valence-corrected chi connectivity index (χ0v) is 17.1. The molecule has 3 rings (SSSR count). The van der Waals surface area contributed by atoms with E-state index in [1.165, 1.54) is 5.56 Å². The van der Waals surface area contributed by atoms with E-state index in [4.69, 9.17) is 4.74 Å². The minimum Gasteiger partial charge on any atom is -0.483 e. The molecule has 26 heavy (non-hydrogen) atoms. The molecular formula is C23H23BrO2. The summed E-state index contributed by atoms with van der Waals surface area (Å²) >= 11 is 3.48. The summed E-state index contributed by atoms with van der Waals surface area (Å²) in [5, 5.41) is 2.21. The molecule has 0 spiro atoms. The highest BCUT2D eigenvalue weighted by atomic mass is 79.9. The molecule has 3 heteroatoms. The number of hydrogen-bond donors (Lipinski definition) is 0. The molecule has 0 aromatic heterocycles. The Kier molecular flexibility index (Phi) is 5.19. The molecule has 0 aliphatic heterocycles. The molecule has 0 amide bonds. The Balaban J connectivity index is 1.75. The normalized spacial score (nSPS) is 12.8. The number of carbonyl (C=O) groups excluding carboxylic acids is 1. The standard InChI is InChI=1S/C23H23BrO2/c1-15(22(25)16-5-9-19(10-6-16)23(2,3)4)26-21-12-8-17-13-20(24)11-7-18(17)14-21/h5-15H,1-4H3. The zero-order valence-electron chi connectivity index (χ0n) is 15.5. The average molecular weight is 411 g/mol. The largest absolute Gasteiger partial charge is 0.483 e. The summed E-state index contributed by atoms with van der Waals surface area (Å²) < 4.78 is 6.95. The lowest BCUT2D eigenvalue weighted by atomic mass is 9.86. The summed E-state index contributed by atoms with van der Waals surface area (Å²) in [4.78, 5) is 12.7. The molecule has 0 aliphatic carbocycles. The highest BCUT2D eigenvalue weighted by Gasteiger charge is 2.19. The van der Waals surface area contributed by atoms with Crippen LogP contribution in [0.25, 0.3) is 10.8 Å². The minimum atomic E-state index is -0.539. The lowest BCUT2D eigenvalue weighted by Gasteiger charge is -2.19. The van der Waals surface area contributed by atoms with E-state index in [0.717, 1.165) is 15.2 Å². The van der Waals surface area contributed by atoms with Crippen molar-refractivity contribution in [2.24, 2.45) is 0 Å². The van der Waals surface area contributed by atoms with Crippen LogP contribution in [-0.2, 0) is 5.41 Å². The van der Waals surface area contributed by atoms with E-state index in [0.29, 0.717) is 11.3 Å². The van der Waals surface area contributed by atoms with Gasteiger partial charge in [0.15, 0.2) is 6.10 Å². The van der Waals surface area contributed by atoms with Crippen molar-refractivity contribution < 1.29 is 9.53 Å². The molecular weight excluding hydrogens is 388 g/mol. The summed E-state index contributed by atoms with van der Waals surface area (Å²) in [5.74, 6) is 0.688. The molecule has 0 radical (unpaired) electrons. The molecule has 1 unspecified atom stereocenters. The van der Waals surface area contributed by atoms with Gasteiger partial charge in [-0.3, -0.25) is 4.79 Å². The van der Waals surface area contributed by atoms with Crippen LogP contribution in [0.2, 0.25) is 0 Å². The zero-order chi connectivity index (χ0) is 18.9. The maximum Gasteiger partial charge on any atom is 0.202 e. The minimum absolute atomic E-state index is 0.0126. The van der Waals surface area contributed by atoms with Crippen LogP contribution in [0.4, 0.5) is 0 Å². The van der Waals surface area contributed by atoms with E-state index in [2.05, 4.69) is 42.8 Å². The highest BCUT2D eigenvalue weighted by molar-refractivity contribution is 9.10. The number of hydrogen-bond acceptors (Lipinski definition) is 2. The summed E-state index contributed by atoms with van der Waals surface area (Å²) in [5.41, 5.74) is 1.96. The molecule has 0 saturated heterocycles.